The van der Waals surface area contributed by atoms with Crippen molar-refractivity contribution in [2.75, 3.05) is 0 Å². The molecule has 12 aromatic rings. The van der Waals surface area contributed by atoms with Crippen LogP contribution in [-0.2, 0) is 83.0 Å². The van der Waals surface area contributed by atoms with Crippen LogP contribution in [0.15, 0.2) is 290 Å². The molecule has 12 aromatic carbocycles. The molecule has 4 aliphatic rings. The smallest absolute Gasteiger partial charge is 1.00 e. The van der Waals surface area contributed by atoms with Crippen molar-refractivity contribution >= 4 is 6.41 Å². The van der Waals surface area contributed by atoms with E-state index in [2.05, 4.69) is 456 Å². The second kappa shape index (κ2) is 41.2. The van der Waals surface area contributed by atoms with Crippen LogP contribution in [0, 0.1) is 62.8 Å². The van der Waals surface area contributed by atoms with Crippen LogP contribution >= 0.6 is 0 Å². The van der Waals surface area contributed by atoms with Crippen molar-refractivity contribution in [1.82, 2.24) is 0 Å². The summed E-state index contributed by atoms with van der Waals surface area (Å²) in [5.41, 5.74) is 41.1. The summed E-state index contributed by atoms with van der Waals surface area (Å²) in [6, 6.07) is 101. The monoisotopic (exact) mass is 1770 g/mol. The fraction of sp³-hybridized carbons (Fsp3) is 0.293. The van der Waals surface area contributed by atoms with E-state index < -0.39 is 0 Å². The molecular weight excluding hydrogens is 1650 g/mol. The van der Waals surface area contributed by atoms with Gasteiger partial charge in [-0.1, -0.05) is 304 Å². The second-order valence-corrected chi connectivity index (χ2v) is 40.4. The van der Waals surface area contributed by atoms with Crippen molar-refractivity contribution in [3.05, 3.63) is 404 Å². The standard InChI is InChI=1S/2C33H33.2C15H14.2C10H15.2ClH.2Zr/c2*1-32(2,3)30-20-26-24(18-28(30)22-13-9-7-10-14-22)17-25-19-29(23-15-11-8-12-16-23)31(21-27(25)26)33(4,5)6;2*1-12-3-7-14(8-4-12)11-15-9-5-13(2)6-10-15;2*1-4-10(2,3)9-7-5-6-8-9;;;;/h2*7-16,18,20-21H,17H2,1-6H3;2*3-10H,1-2H3;2*5,7H,4,6H2,1-3H3;2*1H;;/q2*-1;;;2*-1;;;2*+2/p-2. The van der Waals surface area contributed by atoms with Crippen LogP contribution in [0.4, 0.5) is 0 Å². The number of rotatable bonds is 12. The number of benzene rings is 12. The summed E-state index contributed by atoms with van der Waals surface area (Å²) in [7, 11) is 0. The van der Waals surface area contributed by atoms with Crippen LogP contribution in [0.1, 0.15) is 239 Å². The number of fused-ring (bicyclic) bond motifs is 6. The molecule has 0 N–H and O–H groups in total. The summed E-state index contributed by atoms with van der Waals surface area (Å²) < 4.78 is 2.85. The van der Waals surface area contributed by atoms with E-state index in [1.165, 1.54) is 235 Å². The first-order chi connectivity index (χ1) is 55.9. The van der Waals surface area contributed by atoms with Crippen molar-refractivity contribution in [2.45, 2.75) is 213 Å². The van der Waals surface area contributed by atoms with E-state index in [0.717, 1.165) is 25.7 Å². The van der Waals surface area contributed by atoms with E-state index in [1.54, 1.807) is 0 Å². The molecule has 612 valence electrons. The van der Waals surface area contributed by atoms with E-state index >= 15 is 0 Å². The molecular formula is C116H124Cl2Zr2-2. The normalized spacial score (nSPS) is 12.8. The fourth-order valence-corrected chi connectivity index (χ4v) is 17.2. The van der Waals surface area contributed by atoms with Crippen molar-refractivity contribution in [3.8, 4) is 66.8 Å². The molecule has 16 rings (SSSR count). The molecule has 0 radical (unpaired) electrons. The molecule has 0 nitrogen and oxygen atoms in total. The van der Waals surface area contributed by atoms with Gasteiger partial charge in [0.15, 0.2) is 0 Å². The van der Waals surface area contributed by atoms with Gasteiger partial charge in [-0.25, -0.2) is 23.3 Å². The van der Waals surface area contributed by atoms with Gasteiger partial charge in [-0.05, 0) is 103 Å². The third-order valence-corrected chi connectivity index (χ3v) is 26.5. The van der Waals surface area contributed by atoms with Crippen LogP contribution < -0.4 is 24.8 Å². The molecule has 0 aliphatic heterocycles. The minimum atomic E-state index is 0. The Morgan fingerprint density at radius 3 is 0.783 bits per heavy atom. The van der Waals surface area contributed by atoms with E-state index in [0.29, 0.717) is 10.8 Å². The number of hydrogen-bond donors (Lipinski definition) is 0. The minimum absolute atomic E-state index is 0. The number of aryl methyl sites for hydroxylation is 4. The van der Waals surface area contributed by atoms with E-state index in [1.807, 2.05) is 0 Å². The fourth-order valence-electron chi connectivity index (χ4n) is 15.5. The summed E-state index contributed by atoms with van der Waals surface area (Å²) in [6.45, 7) is 49.8. The molecule has 0 saturated heterocycles. The van der Waals surface area contributed by atoms with Gasteiger partial charge in [0, 0.05) is 0 Å². The Labute approximate surface area is 766 Å². The second-order valence-electron chi connectivity index (χ2n) is 37.9. The molecule has 4 aliphatic carbocycles. The molecule has 4 heteroatoms. The predicted molar refractivity (Wildman–Crippen MR) is 504 cm³/mol. The average Bonchev–Trinajstić information content (AvgIpc) is 1.58. The van der Waals surface area contributed by atoms with Crippen molar-refractivity contribution in [2.24, 2.45) is 10.8 Å². The van der Waals surface area contributed by atoms with Gasteiger partial charge < -0.3 is 24.8 Å². The SMILES string of the molecule is CC(C)(C)c1cc2c([c-]c1-c1ccccc1)Cc1cc(-c3ccccc3)c(C(C)(C)C)cc1-2.CC(C)(C)c1cc2c([c-]c1-c1ccccc1)Cc1cc(-c3ccccc3)c(C(C)(C)C)cc1-2.CCC(C)(C)C1=[C-]CC=C1.CCC(C)(C)C1=[C-]CC=C1.Cc1ccc([C](=[Zr+2])c2ccc(C)cc2)cc1.Cc1ccc([C](=[Zr+2])c2ccc(C)cc2)cc1.[Cl-].[Cl-]. The maximum Gasteiger partial charge on any atom is -1.00 e. The predicted octanol–water partition coefficient (Wildman–Crippen LogP) is 25.0. The molecule has 0 fully saturated rings. The zero-order valence-electron chi connectivity index (χ0n) is 75.6. The average molecular weight is 1770 g/mol. The first-order valence-electron chi connectivity index (χ1n) is 42.7. The Bertz CT molecular complexity index is 4950. The van der Waals surface area contributed by atoms with Crippen LogP contribution in [0.25, 0.3) is 66.8 Å². The molecule has 0 aromatic heterocycles. The quantitative estimate of drug-likeness (QED) is 0.107. The van der Waals surface area contributed by atoms with Gasteiger partial charge in [0.2, 0.25) is 0 Å². The molecule has 120 heavy (non-hydrogen) atoms. The Balaban J connectivity index is 0.000000174. The number of hydrogen-bond acceptors (Lipinski definition) is 0. The maximum atomic E-state index is 3.88. The van der Waals surface area contributed by atoms with Crippen LogP contribution in [-0.4, -0.2) is 6.41 Å². The van der Waals surface area contributed by atoms with Crippen LogP contribution in [0.5, 0.6) is 0 Å². The maximum absolute atomic E-state index is 3.88. The number of allylic oxidation sites excluding steroid dienone is 8. The van der Waals surface area contributed by atoms with Gasteiger partial charge in [0.1, 0.15) is 0 Å². The summed E-state index contributed by atoms with van der Waals surface area (Å²) in [6.07, 6.45) is 21.8. The largest absolute Gasteiger partial charge is 1.00 e. The van der Waals surface area contributed by atoms with Gasteiger partial charge in [0.25, 0.3) is 0 Å². The van der Waals surface area contributed by atoms with Gasteiger partial charge >= 0.3 is 224 Å². The third kappa shape index (κ3) is 24.1. The Hall–Kier alpha value is -8.31. The third-order valence-electron chi connectivity index (χ3n) is 23.6. The molecule has 0 heterocycles. The summed E-state index contributed by atoms with van der Waals surface area (Å²) in [5, 5.41) is 0. The molecule has 0 unspecified atom stereocenters. The summed E-state index contributed by atoms with van der Waals surface area (Å²) in [4.78, 5) is 0. The Kier molecular flexibility index (Phi) is 32.8. The van der Waals surface area contributed by atoms with Crippen LogP contribution in [0.2, 0.25) is 0 Å². The topological polar surface area (TPSA) is 0 Å². The van der Waals surface area contributed by atoms with Crippen molar-refractivity contribution in [1.29, 1.82) is 0 Å². The van der Waals surface area contributed by atoms with E-state index in [-0.39, 0.29) is 46.5 Å². The number of halogens is 2. The van der Waals surface area contributed by atoms with Crippen molar-refractivity contribution in [3.63, 3.8) is 0 Å². The molecule has 0 saturated carbocycles. The van der Waals surface area contributed by atoms with E-state index in [4.69, 9.17) is 0 Å². The van der Waals surface area contributed by atoms with Gasteiger partial charge in [-0.3, -0.25) is 12.2 Å². The van der Waals surface area contributed by atoms with Crippen LogP contribution in [0.3, 0.4) is 0 Å². The molecule has 0 spiro atoms. The Morgan fingerprint density at radius 1 is 0.300 bits per heavy atom. The molecule has 0 bridgehead atoms. The minimum Gasteiger partial charge on any atom is -1.00 e. The first-order valence-corrected chi connectivity index (χ1v) is 45.2. The molecule has 0 atom stereocenters. The zero-order valence-corrected chi connectivity index (χ0v) is 82.0. The Morgan fingerprint density at radius 2 is 0.550 bits per heavy atom. The van der Waals surface area contributed by atoms with Gasteiger partial charge in [-0.15, -0.1) is 70.5 Å². The van der Waals surface area contributed by atoms with E-state index in [9.17, 15) is 0 Å². The van der Waals surface area contributed by atoms with Gasteiger partial charge in [-0.2, -0.15) is 12.2 Å². The summed E-state index contributed by atoms with van der Waals surface area (Å²) in [5.74, 6) is 0. The summed E-state index contributed by atoms with van der Waals surface area (Å²) >= 11 is 2.93. The zero-order chi connectivity index (χ0) is 85.1. The molecule has 0 amide bonds. The first kappa shape index (κ1) is 95.5. The van der Waals surface area contributed by atoms with Crippen molar-refractivity contribution < 1.29 is 73.3 Å². The van der Waals surface area contributed by atoms with Gasteiger partial charge in [0.05, 0.1) is 0 Å².